The largest absolute Gasteiger partial charge is 0.478 e. The van der Waals surface area contributed by atoms with Gasteiger partial charge in [-0.15, -0.1) is 0 Å². The normalized spacial score (nSPS) is 12.8. The maximum absolute atomic E-state index is 10.4. The molecular formula is C12H22O3. The van der Waals surface area contributed by atoms with Crippen LogP contribution in [0.4, 0.5) is 0 Å². The van der Waals surface area contributed by atoms with Crippen LogP contribution >= 0.6 is 0 Å². The number of rotatable bonds is 8. The lowest BCUT2D eigenvalue weighted by atomic mass is 10.1. The minimum Gasteiger partial charge on any atom is -0.478 e. The van der Waals surface area contributed by atoms with E-state index in [2.05, 4.69) is 20.4 Å². The number of hydrogen-bond acceptors (Lipinski definition) is 2. The SMILES string of the molecule is C=C(CCCOC(C)CC(C)C)C(=O)O. The summed E-state index contributed by atoms with van der Waals surface area (Å²) in [6.45, 7) is 10.4. The summed E-state index contributed by atoms with van der Waals surface area (Å²) < 4.78 is 5.55. The Hall–Kier alpha value is -0.830. The molecule has 0 rings (SSSR count). The molecule has 0 aromatic heterocycles. The summed E-state index contributed by atoms with van der Waals surface area (Å²) in [5, 5.41) is 8.57. The predicted octanol–water partition coefficient (Wildman–Crippen LogP) is 2.86. The van der Waals surface area contributed by atoms with Gasteiger partial charge in [0.05, 0.1) is 6.10 Å². The van der Waals surface area contributed by atoms with E-state index in [0.29, 0.717) is 18.9 Å². The van der Waals surface area contributed by atoms with E-state index >= 15 is 0 Å². The molecular weight excluding hydrogens is 192 g/mol. The van der Waals surface area contributed by atoms with Crippen molar-refractivity contribution in [2.45, 2.75) is 46.1 Å². The fourth-order valence-corrected chi connectivity index (χ4v) is 1.41. The summed E-state index contributed by atoms with van der Waals surface area (Å²) in [7, 11) is 0. The highest BCUT2D eigenvalue weighted by molar-refractivity contribution is 5.85. The summed E-state index contributed by atoms with van der Waals surface area (Å²) in [5.41, 5.74) is 0.259. The van der Waals surface area contributed by atoms with Gasteiger partial charge in [0.15, 0.2) is 0 Å². The lowest BCUT2D eigenvalue weighted by molar-refractivity contribution is -0.132. The molecule has 0 heterocycles. The minimum absolute atomic E-state index is 0.253. The van der Waals surface area contributed by atoms with Crippen LogP contribution in [0.1, 0.15) is 40.0 Å². The van der Waals surface area contributed by atoms with Crippen LogP contribution in [-0.4, -0.2) is 23.8 Å². The van der Waals surface area contributed by atoms with Gasteiger partial charge < -0.3 is 9.84 Å². The third-order valence-corrected chi connectivity index (χ3v) is 2.13. The Bertz CT molecular complexity index is 209. The van der Waals surface area contributed by atoms with E-state index in [1.54, 1.807) is 0 Å². The van der Waals surface area contributed by atoms with Crippen LogP contribution in [0.5, 0.6) is 0 Å². The molecule has 0 saturated carbocycles. The third-order valence-electron chi connectivity index (χ3n) is 2.13. The number of carboxylic acids is 1. The van der Waals surface area contributed by atoms with Crippen molar-refractivity contribution in [3.63, 3.8) is 0 Å². The smallest absolute Gasteiger partial charge is 0.330 e. The van der Waals surface area contributed by atoms with Gasteiger partial charge in [-0.2, -0.15) is 0 Å². The molecule has 15 heavy (non-hydrogen) atoms. The molecule has 0 aliphatic heterocycles. The van der Waals surface area contributed by atoms with E-state index in [0.717, 1.165) is 12.8 Å². The first-order chi connectivity index (χ1) is 6.93. The van der Waals surface area contributed by atoms with Gasteiger partial charge >= 0.3 is 5.97 Å². The molecule has 3 heteroatoms. The Morgan fingerprint density at radius 1 is 1.40 bits per heavy atom. The maximum Gasteiger partial charge on any atom is 0.330 e. The number of carboxylic acid groups (broad SMARTS) is 1. The molecule has 0 aliphatic rings. The molecule has 0 spiro atoms. The number of hydrogen-bond donors (Lipinski definition) is 1. The van der Waals surface area contributed by atoms with Crippen LogP contribution in [0.25, 0.3) is 0 Å². The molecule has 0 aliphatic carbocycles. The van der Waals surface area contributed by atoms with Gasteiger partial charge in [0.2, 0.25) is 0 Å². The molecule has 3 nitrogen and oxygen atoms in total. The molecule has 0 bridgehead atoms. The van der Waals surface area contributed by atoms with Gasteiger partial charge in [-0.1, -0.05) is 20.4 Å². The Kier molecular flexibility index (Phi) is 7.05. The van der Waals surface area contributed by atoms with E-state index in [1.807, 2.05) is 6.92 Å². The fraction of sp³-hybridized carbons (Fsp3) is 0.750. The van der Waals surface area contributed by atoms with E-state index in [1.165, 1.54) is 0 Å². The average Bonchev–Trinajstić information content (AvgIpc) is 2.10. The molecule has 0 radical (unpaired) electrons. The van der Waals surface area contributed by atoms with Crippen molar-refractivity contribution in [2.75, 3.05) is 6.61 Å². The molecule has 1 atom stereocenters. The molecule has 0 aromatic rings. The first-order valence-corrected chi connectivity index (χ1v) is 5.46. The van der Waals surface area contributed by atoms with E-state index in [-0.39, 0.29) is 11.7 Å². The number of carbonyl (C=O) groups is 1. The van der Waals surface area contributed by atoms with E-state index < -0.39 is 5.97 Å². The van der Waals surface area contributed by atoms with Gasteiger partial charge in [-0.25, -0.2) is 4.79 Å². The average molecular weight is 214 g/mol. The maximum atomic E-state index is 10.4. The molecule has 1 N–H and O–H groups in total. The molecule has 0 amide bonds. The topological polar surface area (TPSA) is 46.5 Å². The quantitative estimate of drug-likeness (QED) is 0.499. The highest BCUT2D eigenvalue weighted by atomic mass is 16.5. The standard InChI is InChI=1S/C12H22O3/c1-9(2)8-11(4)15-7-5-6-10(3)12(13)14/h9,11H,3,5-8H2,1-2,4H3,(H,13,14). The fourth-order valence-electron chi connectivity index (χ4n) is 1.41. The third kappa shape index (κ3) is 8.18. The molecule has 88 valence electrons. The Balaban J connectivity index is 3.46. The summed E-state index contributed by atoms with van der Waals surface area (Å²) in [5.74, 6) is -0.279. The van der Waals surface area contributed by atoms with Gasteiger partial charge in [-0.3, -0.25) is 0 Å². The Morgan fingerprint density at radius 3 is 2.47 bits per heavy atom. The first kappa shape index (κ1) is 14.2. The second kappa shape index (κ2) is 7.46. The lowest BCUT2D eigenvalue weighted by Gasteiger charge is -2.14. The second-order valence-electron chi connectivity index (χ2n) is 4.32. The van der Waals surface area contributed by atoms with Crippen LogP contribution in [-0.2, 0) is 9.53 Å². The van der Waals surface area contributed by atoms with Crippen molar-refractivity contribution in [1.29, 1.82) is 0 Å². The van der Waals surface area contributed by atoms with E-state index in [9.17, 15) is 4.79 Å². The molecule has 1 unspecified atom stereocenters. The zero-order chi connectivity index (χ0) is 11.8. The number of ether oxygens (including phenoxy) is 1. The monoisotopic (exact) mass is 214 g/mol. The van der Waals surface area contributed by atoms with Gasteiger partial charge in [0.25, 0.3) is 0 Å². The van der Waals surface area contributed by atoms with Crippen molar-refractivity contribution >= 4 is 5.97 Å². The van der Waals surface area contributed by atoms with Gasteiger partial charge in [0.1, 0.15) is 0 Å². The van der Waals surface area contributed by atoms with Crippen LogP contribution in [0, 0.1) is 5.92 Å². The molecule has 0 aromatic carbocycles. The minimum atomic E-state index is -0.912. The second-order valence-corrected chi connectivity index (χ2v) is 4.32. The Morgan fingerprint density at radius 2 is 2.00 bits per heavy atom. The molecule has 0 saturated heterocycles. The lowest BCUT2D eigenvalue weighted by Crippen LogP contribution is -2.12. The van der Waals surface area contributed by atoms with Crippen molar-refractivity contribution in [1.82, 2.24) is 0 Å². The van der Waals surface area contributed by atoms with Gasteiger partial charge in [-0.05, 0) is 32.1 Å². The number of aliphatic carboxylic acids is 1. The zero-order valence-electron chi connectivity index (χ0n) is 9.95. The van der Waals surface area contributed by atoms with Crippen molar-refractivity contribution < 1.29 is 14.6 Å². The van der Waals surface area contributed by atoms with Crippen LogP contribution in [0.3, 0.4) is 0 Å². The van der Waals surface area contributed by atoms with Gasteiger partial charge in [0, 0.05) is 12.2 Å². The van der Waals surface area contributed by atoms with Crippen molar-refractivity contribution in [3.8, 4) is 0 Å². The highest BCUT2D eigenvalue weighted by Gasteiger charge is 2.06. The first-order valence-electron chi connectivity index (χ1n) is 5.46. The summed E-state index contributed by atoms with van der Waals surface area (Å²) in [6.07, 6.45) is 2.53. The Labute approximate surface area is 92.1 Å². The molecule has 0 fully saturated rings. The van der Waals surface area contributed by atoms with Crippen molar-refractivity contribution in [2.24, 2.45) is 5.92 Å². The van der Waals surface area contributed by atoms with Crippen molar-refractivity contribution in [3.05, 3.63) is 12.2 Å². The predicted molar refractivity (Wildman–Crippen MR) is 60.9 cm³/mol. The van der Waals surface area contributed by atoms with Crippen LogP contribution in [0.2, 0.25) is 0 Å². The summed E-state index contributed by atoms with van der Waals surface area (Å²) >= 11 is 0. The summed E-state index contributed by atoms with van der Waals surface area (Å²) in [4.78, 5) is 10.4. The van der Waals surface area contributed by atoms with Crippen LogP contribution < -0.4 is 0 Å². The summed E-state index contributed by atoms with van der Waals surface area (Å²) in [6, 6.07) is 0. The van der Waals surface area contributed by atoms with Crippen LogP contribution in [0.15, 0.2) is 12.2 Å². The highest BCUT2D eigenvalue weighted by Crippen LogP contribution is 2.09. The van der Waals surface area contributed by atoms with E-state index in [4.69, 9.17) is 9.84 Å². The zero-order valence-corrected chi connectivity index (χ0v) is 9.95.